The molecule has 1 saturated heterocycles. The summed E-state index contributed by atoms with van der Waals surface area (Å²) in [4.78, 5) is 25.4. The van der Waals surface area contributed by atoms with Gasteiger partial charge in [-0.2, -0.15) is 0 Å². The molecule has 200 valence electrons. The number of nitrogens with zero attached hydrogens (tertiary/aromatic N) is 5. The van der Waals surface area contributed by atoms with E-state index in [-0.39, 0.29) is 24.2 Å². The van der Waals surface area contributed by atoms with Gasteiger partial charge in [-0.1, -0.05) is 0 Å². The number of hydrogen-bond acceptors (Lipinski definition) is 7. The van der Waals surface area contributed by atoms with Gasteiger partial charge in [0.25, 0.3) is 0 Å². The highest BCUT2D eigenvalue weighted by atomic mass is 19.4. The number of aromatic nitrogens is 3. The predicted octanol–water partition coefficient (Wildman–Crippen LogP) is 4.64. The van der Waals surface area contributed by atoms with Gasteiger partial charge in [0.05, 0.1) is 36.2 Å². The number of rotatable bonds is 6. The molecule has 1 aliphatic heterocycles. The lowest BCUT2D eigenvalue weighted by Gasteiger charge is -2.41. The summed E-state index contributed by atoms with van der Waals surface area (Å²) in [5.41, 5.74) is 2.62. The predicted molar refractivity (Wildman–Crippen MR) is 133 cm³/mol. The Labute approximate surface area is 216 Å². The van der Waals surface area contributed by atoms with Crippen molar-refractivity contribution in [3.05, 3.63) is 54.8 Å². The van der Waals surface area contributed by atoms with E-state index in [1.807, 2.05) is 25.1 Å². The van der Waals surface area contributed by atoms with Crippen LogP contribution in [0.3, 0.4) is 0 Å². The number of halogens is 3. The molecule has 3 heterocycles. The molecule has 2 aromatic carbocycles. The first kappa shape index (κ1) is 25.4. The zero-order valence-electron chi connectivity index (χ0n) is 21.0. The molecule has 12 heteroatoms. The molecule has 0 saturated carbocycles. The quantitative estimate of drug-likeness (QED) is 0.360. The molecule has 1 amide bonds. The Bertz CT molecular complexity index is 1460. The second-order valence-corrected chi connectivity index (χ2v) is 9.08. The number of aryl methyl sites for hydroxylation is 1. The number of imidazole rings is 1. The number of carbonyl (C=O) groups excluding carboxylic acids is 1. The minimum Gasteiger partial charge on any atom is -0.496 e. The van der Waals surface area contributed by atoms with E-state index in [1.165, 1.54) is 29.1 Å². The van der Waals surface area contributed by atoms with E-state index in [1.54, 1.807) is 25.1 Å². The summed E-state index contributed by atoms with van der Waals surface area (Å²) in [6.07, 6.45) is -1.69. The minimum atomic E-state index is -4.80. The molecule has 4 aromatic rings. The van der Waals surface area contributed by atoms with Crippen LogP contribution in [0.1, 0.15) is 12.8 Å². The van der Waals surface area contributed by atoms with Crippen LogP contribution >= 0.6 is 0 Å². The molecule has 1 atom stereocenters. The number of ether oxygens (including phenoxy) is 2. The molecule has 5 rings (SSSR count). The van der Waals surface area contributed by atoms with Crippen LogP contribution in [0.4, 0.5) is 18.9 Å². The average Bonchev–Trinajstić information content (AvgIpc) is 3.48. The number of benzene rings is 2. The van der Waals surface area contributed by atoms with E-state index >= 15 is 0 Å². The van der Waals surface area contributed by atoms with Crippen molar-refractivity contribution < 1.29 is 31.9 Å². The molecular formula is C26H26F3N5O4. The maximum atomic E-state index is 13.1. The molecule has 0 unspecified atom stereocenters. The summed E-state index contributed by atoms with van der Waals surface area (Å²) < 4.78 is 54.7. The number of fused-ring (bicyclic) bond motifs is 1. The van der Waals surface area contributed by atoms with Gasteiger partial charge in [-0.05, 0) is 31.2 Å². The number of anilines is 1. The molecular weight excluding hydrogens is 503 g/mol. The van der Waals surface area contributed by atoms with Crippen molar-refractivity contribution in [2.24, 2.45) is 0 Å². The van der Waals surface area contributed by atoms with Gasteiger partial charge >= 0.3 is 6.36 Å². The van der Waals surface area contributed by atoms with Crippen molar-refractivity contribution in [2.75, 3.05) is 31.6 Å². The lowest BCUT2D eigenvalue weighted by Crippen LogP contribution is -2.54. The second kappa shape index (κ2) is 9.92. The van der Waals surface area contributed by atoms with Crippen molar-refractivity contribution in [2.45, 2.75) is 32.8 Å². The molecule has 0 spiro atoms. The summed E-state index contributed by atoms with van der Waals surface area (Å²) in [5.74, 6) is 1.34. The van der Waals surface area contributed by atoms with Crippen LogP contribution < -0.4 is 14.4 Å². The summed E-state index contributed by atoms with van der Waals surface area (Å²) in [6, 6.07) is 9.74. The number of carbonyl (C=O) groups is 1. The smallest absolute Gasteiger partial charge is 0.496 e. The fourth-order valence-electron chi connectivity index (χ4n) is 4.72. The normalized spacial score (nSPS) is 16.2. The molecule has 0 aliphatic carbocycles. The van der Waals surface area contributed by atoms with Crippen LogP contribution in [0.15, 0.2) is 53.3 Å². The maximum Gasteiger partial charge on any atom is 0.573 e. The van der Waals surface area contributed by atoms with Gasteiger partial charge in [0.2, 0.25) is 5.91 Å². The zero-order chi connectivity index (χ0) is 27.0. The molecule has 0 bridgehead atoms. The maximum absolute atomic E-state index is 13.1. The monoisotopic (exact) mass is 529 g/mol. The highest BCUT2D eigenvalue weighted by molar-refractivity contribution is 5.82. The van der Waals surface area contributed by atoms with Crippen molar-refractivity contribution >= 4 is 22.6 Å². The Morgan fingerprint density at radius 2 is 1.97 bits per heavy atom. The topological polar surface area (TPSA) is 85.9 Å². The lowest BCUT2D eigenvalue weighted by molar-refractivity contribution is -0.274. The van der Waals surface area contributed by atoms with Crippen molar-refractivity contribution in [3.8, 4) is 22.8 Å². The van der Waals surface area contributed by atoms with E-state index in [0.717, 1.165) is 11.3 Å². The number of amides is 1. The van der Waals surface area contributed by atoms with E-state index in [4.69, 9.17) is 9.15 Å². The first-order valence-corrected chi connectivity index (χ1v) is 12.0. The van der Waals surface area contributed by atoms with Crippen molar-refractivity contribution in [1.82, 2.24) is 19.4 Å². The number of hydrogen-bond donors (Lipinski definition) is 0. The van der Waals surface area contributed by atoms with E-state index in [9.17, 15) is 18.0 Å². The van der Waals surface area contributed by atoms with Gasteiger partial charge in [0, 0.05) is 50.4 Å². The first-order valence-electron chi connectivity index (χ1n) is 12.0. The van der Waals surface area contributed by atoms with Crippen LogP contribution in [0.25, 0.3) is 22.4 Å². The standard InChI is InChI=1S/C26H26F3N5O4/c1-16-13-32(25(35)14-33-15-31-21-7-5-19(11-22(21)33)38-26(27,28)29)8-9-34(16)18-4-6-20(23(10-18)36-3)24-12-30-17(2)37-24/h4-7,10-12,15-16H,8-9,13-14H2,1-3H3/t16-/m0/s1. The highest BCUT2D eigenvalue weighted by Crippen LogP contribution is 2.35. The lowest BCUT2D eigenvalue weighted by atomic mass is 10.1. The largest absolute Gasteiger partial charge is 0.573 e. The summed E-state index contributed by atoms with van der Waals surface area (Å²) in [6.45, 7) is 5.35. The van der Waals surface area contributed by atoms with Crippen LogP contribution in [0.2, 0.25) is 0 Å². The Morgan fingerprint density at radius 1 is 1.16 bits per heavy atom. The second-order valence-electron chi connectivity index (χ2n) is 9.08. The van der Waals surface area contributed by atoms with Crippen molar-refractivity contribution in [3.63, 3.8) is 0 Å². The van der Waals surface area contributed by atoms with Crippen LogP contribution in [0, 0.1) is 6.92 Å². The van der Waals surface area contributed by atoms with E-state index in [0.29, 0.717) is 48.1 Å². The third kappa shape index (κ3) is 5.24. The summed E-state index contributed by atoms with van der Waals surface area (Å²) in [7, 11) is 1.60. The molecule has 1 aliphatic rings. The van der Waals surface area contributed by atoms with Gasteiger partial charge in [-0.15, -0.1) is 13.2 Å². The van der Waals surface area contributed by atoms with Crippen molar-refractivity contribution in [1.29, 1.82) is 0 Å². The first-order chi connectivity index (χ1) is 18.1. The van der Waals surface area contributed by atoms with Gasteiger partial charge < -0.3 is 28.3 Å². The van der Waals surface area contributed by atoms with Crippen LogP contribution in [-0.4, -0.2) is 64.5 Å². The minimum absolute atomic E-state index is 0.0158. The SMILES string of the molecule is COc1cc(N2CCN(C(=O)Cn3cnc4ccc(OC(F)(F)F)cc43)C[C@@H]2C)ccc1-c1cnc(C)o1. The molecule has 38 heavy (non-hydrogen) atoms. The Kier molecular flexibility index (Phi) is 6.64. The number of methoxy groups -OCH3 is 1. The van der Waals surface area contributed by atoms with Crippen LogP contribution in [-0.2, 0) is 11.3 Å². The fourth-order valence-corrected chi connectivity index (χ4v) is 4.72. The Hall–Kier alpha value is -4.22. The molecule has 0 N–H and O–H groups in total. The van der Waals surface area contributed by atoms with Gasteiger partial charge in [0.1, 0.15) is 18.0 Å². The number of piperazine rings is 1. The van der Waals surface area contributed by atoms with Gasteiger partial charge in [-0.25, -0.2) is 9.97 Å². The number of oxazole rings is 1. The third-order valence-corrected chi connectivity index (χ3v) is 6.52. The molecule has 2 aromatic heterocycles. The Balaban J connectivity index is 1.27. The molecule has 9 nitrogen and oxygen atoms in total. The summed E-state index contributed by atoms with van der Waals surface area (Å²) >= 11 is 0. The third-order valence-electron chi connectivity index (χ3n) is 6.52. The van der Waals surface area contributed by atoms with Crippen LogP contribution in [0.5, 0.6) is 11.5 Å². The molecule has 0 radical (unpaired) electrons. The highest BCUT2D eigenvalue weighted by Gasteiger charge is 2.31. The summed E-state index contributed by atoms with van der Waals surface area (Å²) in [5, 5.41) is 0. The Morgan fingerprint density at radius 3 is 2.66 bits per heavy atom. The van der Waals surface area contributed by atoms with Gasteiger partial charge in [-0.3, -0.25) is 4.79 Å². The fraction of sp³-hybridized carbons (Fsp3) is 0.346. The van der Waals surface area contributed by atoms with Gasteiger partial charge in [0.15, 0.2) is 11.7 Å². The molecule has 1 fully saturated rings. The number of alkyl halides is 3. The zero-order valence-corrected chi connectivity index (χ0v) is 21.0. The average molecular weight is 530 g/mol. The van der Waals surface area contributed by atoms with E-state index in [2.05, 4.69) is 19.6 Å². The van der Waals surface area contributed by atoms with E-state index < -0.39 is 6.36 Å².